The Morgan fingerprint density at radius 2 is 2.06 bits per heavy atom. The van der Waals surface area contributed by atoms with E-state index in [1.54, 1.807) is 13.0 Å². The minimum absolute atomic E-state index is 0.156. The first-order valence-electron chi connectivity index (χ1n) is 5.30. The molecular formula is C12H14FNO3. The average Bonchev–Trinajstić information content (AvgIpc) is 2.28. The van der Waals surface area contributed by atoms with Gasteiger partial charge in [-0.25, -0.2) is 9.18 Å². The van der Waals surface area contributed by atoms with Crippen molar-refractivity contribution in [3.05, 3.63) is 35.6 Å². The van der Waals surface area contributed by atoms with Crippen LogP contribution in [0.15, 0.2) is 24.3 Å². The molecule has 1 aromatic rings. The summed E-state index contributed by atoms with van der Waals surface area (Å²) in [6.45, 7) is 1.65. The summed E-state index contributed by atoms with van der Waals surface area (Å²) in [5.74, 6) is -2.05. The van der Waals surface area contributed by atoms with Crippen molar-refractivity contribution in [3.63, 3.8) is 0 Å². The average molecular weight is 239 g/mol. The maximum absolute atomic E-state index is 13.2. The molecule has 5 heteroatoms. The molecule has 0 bridgehead atoms. The van der Waals surface area contributed by atoms with Gasteiger partial charge >= 0.3 is 5.97 Å². The van der Waals surface area contributed by atoms with E-state index in [-0.39, 0.29) is 12.0 Å². The number of aliphatic carboxylic acids is 1. The minimum Gasteiger partial charge on any atom is -0.480 e. The lowest BCUT2D eigenvalue weighted by atomic mass is 10.1. The monoisotopic (exact) mass is 239 g/mol. The second-order valence-electron chi connectivity index (χ2n) is 3.63. The summed E-state index contributed by atoms with van der Waals surface area (Å²) < 4.78 is 13.2. The molecule has 1 amide bonds. The molecule has 0 saturated carbocycles. The van der Waals surface area contributed by atoms with E-state index in [9.17, 15) is 14.0 Å². The van der Waals surface area contributed by atoms with Gasteiger partial charge in [0.05, 0.1) is 6.42 Å². The molecule has 0 aliphatic carbocycles. The molecule has 17 heavy (non-hydrogen) atoms. The summed E-state index contributed by atoms with van der Waals surface area (Å²) in [6.07, 6.45) is 0.134. The first-order valence-corrected chi connectivity index (χ1v) is 5.30. The zero-order valence-electron chi connectivity index (χ0n) is 9.44. The van der Waals surface area contributed by atoms with Crippen molar-refractivity contribution in [2.24, 2.45) is 0 Å². The number of rotatable bonds is 5. The van der Waals surface area contributed by atoms with Crippen LogP contribution in [-0.2, 0) is 16.0 Å². The molecule has 0 aromatic heterocycles. The number of nitrogens with one attached hydrogen (secondary N) is 1. The molecule has 92 valence electrons. The number of carboxylic acid groups (broad SMARTS) is 1. The molecule has 0 spiro atoms. The smallest absolute Gasteiger partial charge is 0.326 e. The molecule has 0 fully saturated rings. The highest BCUT2D eigenvalue weighted by Gasteiger charge is 2.18. The number of carbonyl (C=O) groups excluding carboxylic acids is 1. The number of hydrogen-bond donors (Lipinski definition) is 2. The standard InChI is InChI=1S/C12H14FNO3/c1-2-10(12(16)17)14-11(15)7-8-5-3-4-6-9(8)13/h3-6,10H,2,7H2,1H3,(H,14,15)(H,16,17). The highest BCUT2D eigenvalue weighted by Crippen LogP contribution is 2.07. The van der Waals surface area contributed by atoms with E-state index in [0.29, 0.717) is 6.42 Å². The van der Waals surface area contributed by atoms with Gasteiger partial charge in [0.25, 0.3) is 0 Å². The normalized spacial score (nSPS) is 11.9. The van der Waals surface area contributed by atoms with Crippen LogP contribution >= 0.6 is 0 Å². The Balaban J connectivity index is 2.61. The van der Waals surface area contributed by atoms with Gasteiger partial charge in [-0.05, 0) is 18.1 Å². The summed E-state index contributed by atoms with van der Waals surface area (Å²) >= 11 is 0. The van der Waals surface area contributed by atoms with Crippen molar-refractivity contribution in [2.45, 2.75) is 25.8 Å². The number of amides is 1. The molecule has 0 aliphatic rings. The van der Waals surface area contributed by atoms with Crippen molar-refractivity contribution >= 4 is 11.9 Å². The van der Waals surface area contributed by atoms with Crippen LogP contribution in [0.3, 0.4) is 0 Å². The second-order valence-corrected chi connectivity index (χ2v) is 3.63. The van der Waals surface area contributed by atoms with Crippen LogP contribution in [0, 0.1) is 5.82 Å². The molecule has 0 radical (unpaired) electrons. The Kier molecular flexibility index (Phi) is 4.63. The van der Waals surface area contributed by atoms with Crippen molar-refractivity contribution in [1.82, 2.24) is 5.32 Å². The van der Waals surface area contributed by atoms with Crippen molar-refractivity contribution in [3.8, 4) is 0 Å². The van der Waals surface area contributed by atoms with Gasteiger partial charge in [0.15, 0.2) is 0 Å². The Bertz CT molecular complexity index is 420. The van der Waals surface area contributed by atoms with E-state index < -0.39 is 23.7 Å². The zero-order chi connectivity index (χ0) is 12.8. The third-order valence-corrected chi connectivity index (χ3v) is 2.35. The molecular weight excluding hydrogens is 225 g/mol. The van der Waals surface area contributed by atoms with Crippen molar-refractivity contribution < 1.29 is 19.1 Å². The Morgan fingerprint density at radius 1 is 1.41 bits per heavy atom. The summed E-state index contributed by atoms with van der Waals surface area (Å²) in [5.41, 5.74) is 0.255. The van der Waals surface area contributed by atoms with Gasteiger partial charge in [-0.1, -0.05) is 25.1 Å². The van der Waals surface area contributed by atoms with Crippen LogP contribution in [-0.4, -0.2) is 23.0 Å². The van der Waals surface area contributed by atoms with E-state index in [1.807, 2.05) is 0 Å². The summed E-state index contributed by atoms with van der Waals surface area (Å²) in [4.78, 5) is 22.2. The maximum Gasteiger partial charge on any atom is 0.326 e. The molecule has 1 atom stereocenters. The fourth-order valence-electron chi connectivity index (χ4n) is 1.40. The lowest BCUT2D eigenvalue weighted by molar-refractivity contribution is -0.141. The Hall–Kier alpha value is -1.91. The number of carboxylic acids is 1. The lowest BCUT2D eigenvalue weighted by Gasteiger charge is -2.12. The molecule has 1 rings (SSSR count). The molecule has 2 N–H and O–H groups in total. The minimum atomic E-state index is -1.09. The summed E-state index contributed by atoms with van der Waals surface area (Å²) in [7, 11) is 0. The van der Waals surface area contributed by atoms with Crippen LogP contribution in [0.25, 0.3) is 0 Å². The van der Waals surface area contributed by atoms with Gasteiger partial charge in [-0.3, -0.25) is 4.79 Å². The van der Waals surface area contributed by atoms with E-state index in [4.69, 9.17) is 5.11 Å². The summed E-state index contributed by atoms with van der Waals surface area (Å²) in [6, 6.07) is 4.99. The van der Waals surface area contributed by atoms with Gasteiger partial charge < -0.3 is 10.4 Å². The fourth-order valence-corrected chi connectivity index (χ4v) is 1.40. The van der Waals surface area contributed by atoms with Gasteiger partial charge in [0.1, 0.15) is 11.9 Å². The van der Waals surface area contributed by atoms with Crippen molar-refractivity contribution in [1.29, 1.82) is 0 Å². The van der Waals surface area contributed by atoms with Crippen LogP contribution in [0.4, 0.5) is 4.39 Å². The first-order chi connectivity index (χ1) is 8.04. The van der Waals surface area contributed by atoms with Gasteiger partial charge in [0, 0.05) is 0 Å². The number of halogens is 1. The molecule has 0 saturated heterocycles. The molecule has 1 unspecified atom stereocenters. The predicted octanol–water partition coefficient (Wildman–Crippen LogP) is 1.35. The topological polar surface area (TPSA) is 66.4 Å². The summed E-state index contributed by atoms with van der Waals surface area (Å²) in [5, 5.41) is 11.1. The van der Waals surface area contributed by atoms with Crippen molar-refractivity contribution in [2.75, 3.05) is 0 Å². The lowest BCUT2D eigenvalue weighted by Crippen LogP contribution is -2.41. The van der Waals surface area contributed by atoms with Crippen LogP contribution in [0.5, 0.6) is 0 Å². The molecule has 4 nitrogen and oxygen atoms in total. The molecule has 0 heterocycles. The zero-order valence-corrected chi connectivity index (χ0v) is 9.44. The number of hydrogen-bond acceptors (Lipinski definition) is 2. The van der Waals surface area contributed by atoms with Crippen LogP contribution in [0.2, 0.25) is 0 Å². The van der Waals surface area contributed by atoms with Gasteiger partial charge in [0.2, 0.25) is 5.91 Å². The first kappa shape index (κ1) is 13.2. The van der Waals surface area contributed by atoms with Crippen LogP contribution < -0.4 is 5.32 Å². The quantitative estimate of drug-likeness (QED) is 0.815. The number of carbonyl (C=O) groups is 2. The van der Waals surface area contributed by atoms with Gasteiger partial charge in [-0.15, -0.1) is 0 Å². The highest BCUT2D eigenvalue weighted by molar-refractivity contribution is 5.84. The maximum atomic E-state index is 13.2. The van der Waals surface area contributed by atoms with E-state index >= 15 is 0 Å². The van der Waals surface area contributed by atoms with Gasteiger partial charge in [-0.2, -0.15) is 0 Å². The molecule has 0 aliphatic heterocycles. The van der Waals surface area contributed by atoms with E-state index in [1.165, 1.54) is 18.2 Å². The van der Waals surface area contributed by atoms with E-state index in [2.05, 4.69) is 5.32 Å². The molecule has 1 aromatic carbocycles. The number of benzene rings is 1. The third-order valence-electron chi connectivity index (χ3n) is 2.35. The van der Waals surface area contributed by atoms with Crippen LogP contribution in [0.1, 0.15) is 18.9 Å². The Morgan fingerprint density at radius 3 is 2.59 bits per heavy atom. The fraction of sp³-hybridized carbons (Fsp3) is 0.333. The Labute approximate surface area is 98.5 Å². The second kappa shape index (κ2) is 5.98. The largest absolute Gasteiger partial charge is 0.480 e. The third kappa shape index (κ3) is 3.86. The van der Waals surface area contributed by atoms with E-state index in [0.717, 1.165) is 0 Å². The predicted molar refractivity (Wildman–Crippen MR) is 60.0 cm³/mol. The SMILES string of the molecule is CCC(NC(=O)Cc1ccccc1F)C(=O)O. The highest BCUT2D eigenvalue weighted by atomic mass is 19.1.